The molecule has 0 radical (unpaired) electrons. The van der Waals surface area contributed by atoms with Gasteiger partial charge in [-0.05, 0) is 31.9 Å². The van der Waals surface area contributed by atoms with Gasteiger partial charge < -0.3 is 10.3 Å². The van der Waals surface area contributed by atoms with Crippen molar-refractivity contribution in [3.05, 3.63) is 35.0 Å². The minimum atomic E-state index is 0.0241. The highest BCUT2D eigenvalue weighted by Gasteiger charge is 2.15. The van der Waals surface area contributed by atoms with Crippen molar-refractivity contribution in [2.24, 2.45) is 0 Å². The van der Waals surface area contributed by atoms with Crippen LogP contribution in [0, 0.1) is 13.8 Å². The van der Waals surface area contributed by atoms with E-state index in [-0.39, 0.29) is 5.91 Å². The molecule has 1 aromatic carbocycles. The van der Waals surface area contributed by atoms with Crippen LogP contribution in [0.3, 0.4) is 0 Å². The molecule has 18 heavy (non-hydrogen) atoms. The summed E-state index contributed by atoms with van der Waals surface area (Å²) in [6.07, 6.45) is 2.11. The molecule has 1 aromatic heterocycles. The van der Waals surface area contributed by atoms with E-state index in [1.165, 1.54) is 5.56 Å². The first-order valence-corrected chi connectivity index (χ1v) is 6.50. The highest BCUT2D eigenvalue weighted by Crippen LogP contribution is 2.22. The van der Waals surface area contributed by atoms with Gasteiger partial charge in [0, 0.05) is 23.1 Å². The summed E-state index contributed by atoms with van der Waals surface area (Å²) in [6, 6.07) is 6.13. The molecule has 0 aliphatic rings. The highest BCUT2D eigenvalue weighted by molar-refractivity contribution is 6.08. The molecule has 0 fully saturated rings. The molecule has 2 rings (SSSR count). The first-order chi connectivity index (χ1) is 8.63. The van der Waals surface area contributed by atoms with Crippen molar-refractivity contribution in [3.63, 3.8) is 0 Å². The van der Waals surface area contributed by atoms with Crippen LogP contribution in [0.25, 0.3) is 10.9 Å². The number of hydrogen-bond donors (Lipinski definition) is 2. The second kappa shape index (κ2) is 5.25. The number of carbonyl (C=O) groups is 1. The summed E-state index contributed by atoms with van der Waals surface area (Å²) >= 11 is 0. The molecule has 96 valence electrons. The van der Waals surface area contributed by atoms with Gasteiger partial charge in [-0.25, -0.2) is 0 Å². The SMILES string of the molecule is CCCCNC(=O)c1c(C)[nH]c2cc(C)ccc12. The maximum Gasteiger partial charge on any atom is 0.253 e. The van der Waals surface area contributed by atoms with Crippen molar-refractivity contribution in [2.45, 2.75) is 33.6 Å². The van der Waals surface area contributed by atoms with E-state index in [1.54, 1.807) is 0 Å². The number of fused-ring (bicyclic) bond motifs is 1. The molecule has 0 saturated heterocycles. The molecule has 0 aliphatic carbocycles. The average molecular weight is 244 g/mol. The van der Waals surface area contributed by atoms with Crippen LogP contribution in [0.15, 0.2) is 18.2 Å². The molecule has 0 spiro atoms. The van der Waals surface area contributed by atoms with Crippen LogP contribution >= 0.6 is 0 Å². The quantitative estimate of drug-likeness (QED) is 0.796. The van der Waals surface area contributed by atoms with E-state index in [4.69, 9.17) is 0 Å². The van der Waals surface area contributed by atoms with Gasteiger partial charge in [-0.15, -0.1) is 0 Å². The number of aryl methyl sites for hydroxylation is 2. The van der Waals surface area contributed by atoms with Gasteiger partial charge in [0.2, 0.25) is 0 Å². The fourth-order valence-corrected chi connectivity index (χ4v) is 2.21. The van der Waals surface area contributed by atoms with Crippen molar-refractivity contribution in [3.8, 4) is 0 Å². The Morgan fingerprint density at radius 2 is 2.11 bits per heavy atom. The summed E-state index contributed by atoms with van der Waals surface area (Å²) in [4.78, 5) is 15.4. The fourth-order valence-electron chi connectivity index (χ4n) is 2.21. The third-order valence-electron chi connectivity index (χ3n) is 3.18. The van der Waals surface area contributed by atoms with Gasteiger partial charge in [-0.3, -0.25) is 4.79 Å². The van der Waals surface area contributed by atoms with Crippen molar-refractivity contribution in [1.82, 2.24) is 10.3 Å². The lowest BCUT2D eigenvalue weighted by atomic mass is 10.1. The normalized spacial score (nSPS) is 10.8. The number of rotatable bonds is 4. The molecular weight excluding hydrogens is 224 g/mol. The second-order valence-corrected chi connectivity index (χ2v) is 4.78. The van der Waals surface area contributed by atoms with Crippen LogP contribution in [0.5, 0.6) is 0 Å². The zero-order chi connectivity index (χ0) is 13.1. The van der Waals surface area contributed by atoms with Crippen LogP contribution in [0.4, 0.5) is 0 Å². The van der Waals surface area contributed by atoms with Gasteiger partial charge >= 0.3 is 0 Å². The summed E-state index contributed by atoms with van der Waals surface area (Å²) in [5.41, 5.74) is 3.94. The maximum absolute atomic E-state index is 12.2. The van der Waals surface area contributed by atoms with Crippen LogP contribution in [-0.2, 0) is 0 Å². The fraction of sp³-hybridized carbons (Fsp3) is 0.400. The van der Waals surface area contributed by atoms with E-state index in [1.807, 2.05) is 19.1 Å². The van der Waals surface area contributed by atoms with Gasteiger partial charge in [0.25, 0.3) is 5.91 Å². The lowest BCUT2D eigenvalue weighted by Crippen LogP contribution is -2.24. The molecule has 0 bridgehead atoms. The molecule has 2 N–H and O–H groups in total. The number of nitrogens with one attached hydrogen (secondary N) is 2. The van der Waals surface area contributed by atoms with Gasteiger partial charge in [-0.1, -0.05) is 25.5 Å². The zero-order valence-corrected chi connectivity index (χ0v) is 11.3. The molecule has 3 nitrogen and oxygen atoms in total. The molecule has 2 aromatic rings. The van der Waals surface area contributed by atoms with Crippen molar-refractivity contribution < 1.29 is 4.79 Å². The predicted molar refractivity (Wildman–Crippen MR) is 75.0 cm³/mol. The largest absolute Gasteiger partial charge is 0.358 e. The molecule has 3 heteroatoms. The number of aromatic amines is 1. The van der Waals surface area contributed by atoms with Gasteiger partial charge in [0.1, 0.15) is 0 Å². The molecule has 0 saturated carbocycles. The Hall–Kier alpha value is -1.77. The summed E-state index contributed by atoms with van der Waals surface area (Å²) in [5, 5.41) is 3.98. The van der Waals surface area contributed by atoms with E-state index in [0.717, 1.165) is 41.5 Å². The van der Waals surface area contributed by atoms with E-state index in [2.05, 4.69) is 30.2 Å². The van der Waals surface area contributed by atoms with Crippen molar-refractivity contribution >= 4 is 16.8 Å². The Morgan fingerprint density at radius 3 is 2.83 bits per heavy atom. The first kappa shape index (κ1) is 12.7. The standard InChI is InChI=1S/C15H20N2O/c1-4-5-8-16-15(18)14-11(3)17-13-9-10(2)6-7-12(13)14/h6-7,9,17H,4-5,8H2,1-3H3,(H,16,18). The average Bonchev–Trinajstić information content (AvgIpc) is 2.64. The Kier molecular flexibility index (Phi) is 3.70. The van der Waals surface area contributed by atoms with E-state index < -0.39 is 0 Å². The van der Waals surface area contributed by atoms with Gasteiger partial charge in [0.15, 0.2) is 0 Å². The minimum absolute atomic E-state index is 0.0241. The van der Waals surface area contributed by atoms with Crippen LogP contribution in [0.2, 0.25) is 0 Å². The van der Waals surface area contributed by atoms with Crippen LogP contribution in [0.1, 0.15) is 41.4 Å². The van der Waals surface area contributed by atoms with Gasteiger partial charge in [-0.2, -0.15) is 0 Å². The summed E-state index contributed by atoms with van der Waals surface area (Å²) in [6.45, 7) is 6.86. The van der Waals surface area contributed by atoms with E-state index in [0.29, 0.717) is 0 Å². The monoisotopic (exact) mass is 244 g/mol. The Labute approximate surface area is 108 Å². The first-order valence-electron chi connectivity index (χ1n) is 6.50. The Balaban J connectivity index is 2.32. The number of hydrogen-bond acceptors (Lipinski definition) is 1. The number of amides is 1. The third-order valence-corrected chi connectivity index (χ3v) is 3.18. The van der Waals surface area contributed by atoms with E-state index >= 15 is 0 Å². The minimum Gasteiger partial charge on any atom is -0.358 e. The lowest BCUT2D eigenvalue weighted by Gasteiger charge is -2.04. The zero-order valence-electron chi connectivity index (χ0n) is 11.3. The molecule has 0 aliphatic heterocycles. The smallest absolute Gasteiger partial charge is 0.253 e. The molecule has 0 unspecified atom stereocenters. The molecule has 1 amide bonds. The number of carbonyl (C=O) groups excluding carboxylic acids is 1. The van der Waals surface area contributed by atoms with Crippen LogP contribution < -0.4 is 5.32 Å². The topological polar surface area (TPSA) is 44.9 Å². The summed E-state index contributed by atoms with van der Waals surface area (Å²) in [7, 11) is 0. The molecule has 0 atom stereocenters. The number of H-pyrrole nitrogens is 1. The second-order valence-electron chi connectivity index (χ2n) is 4.78. The highest BCUT2D eigenvalue weighted by atomic mass is 16.1. The summed E-state index contributed by atoms with van der Waals surface area (Å²) < 4.78 is 0. The number of aromatic nitrogens is 1. The Morgan fingerprint density at radius 1 is 1.33 bits per heavy atom. The summed E-state index contributed by atoms with van der Waals surface area (Å²) in [5.74, 6) is 0.0241. The number of unbranched alkanes of at least 4 members (excludes halogenated alkanes) is 1. The predicted octanol–water partition coefficient (Wildman–Crippen LogP) is 3.31. The van der Waals surface area contributed by atoms with E-state index in [9.17, 15) is 4.79 Å². The van der Waals surface area contributed by atoms with Gasteiger partial charge in [0.05, 0.1) is 5.56 Å². The number of benzene rings is 1. The third kappa shape index (κ3) is 2.40. The maximum atomic E-state index is 12.2. The molecular formula is C15H20N2O. The Bertz CT molecular complexity index is 569. The van der Waals surface area contributed by atoms with Crippen molar-refractivity contribution in [2.75, 3.05) is 6.54 Å². The van der Waals surface area contributed by atoms with Crippen molar-refractivity contribution in [1.29, 1.82) is 0 Å². The van der Waals surface area contributed by atoms with Crippen LogP contribution in [-0.4, -0.2) is 17.4 Å². The molecule has 1 heterocycles. The lowest BCUT2D eigenvalue weighted by molar-refractivity contribution is 0.0954.